The highest BCUT2D eigenvalue weighted by Gasteiger charge is 2.17. The fourth-order valence-corrected chi connectivity index (χ4v) is 3.84. The molecule has 3 aromatic rings. The Balaban J connectivity index is 1.62. The van der Waals surface area contributed by atoms with Crippen LogP contribution in [0.4, 0.5) is 5.69 Å². The van der Waals surface area contributed by atoms with Crippen LogP contribution in [-0.4, -0.2) is 48.3 Å². The topological polar surface area (TPSA) is 132 Å². The summed E-state index contributed by atoms with van der Waals surface area (Å²) in [7, 11) is 0. The third-order valence-electron chi connectivity index (χ3n) is 5.58. The van der Waals surface area contributed by atoms with Crippen molar-refractivity contribution >= 4 is 17.9 Å². The number of fused-ring (bicyclic) bond motifs is 1. The molecule has 176 valence electrons. The van der Waals surface area contributed by atoms with E-state index in [0.29, 0.717) is 43.5 Å². The minimum absolute atomic E-state index is 0.00652. The van der Waals surface area contributed by atoms with Gasteiger partial charge in [0.2, 0.25) is 0 Å². The van der Waals surface area contributed by atoms with Crippen molar-refractivity contribution in [1.82, 2.24) is 9.88 Å². The van der Waals surface area contributed by atoms with Gasteiger partial charge in [0.1, 0.15) is 18.7 Å². The second kappa shape index (κ2) is 10.3. The Labute approximate surface area is 197 Å². The van der Waals surface area contributed by atoms with Crippen molar-refractivity contribution in [2.24, 2.45) is 0 Å². The van der Waals surface area contributed by atoms with Crippen molar-refractivity contribution in [2.75, 3.05) is 31.7 Å². The molecule has 2 heterocycles. The number of benzene rings is 2. The van der Waals surface area contributed by atoms with E-state index in [1.165, 1.54) is 4.57 Å². The molecule has 0 saturated carbocycles. The number of carbonyl (C=O) groups is 1. The van der Waals surface area contributed by atoms with Gasteiger partial charge in [-0.2, -0.15) is 0 Å². The van der Waals surface area contributed by atoms with Gasteiger partial charge in [0.15, 0.2) is 11.5 Å². The lowest BCUT2D eigenvalue weighted by Crippen LogP contribution is -2.30. The average molecular weight is 462 g/mol. The number of rotatable bonds is 8. The number of hydrogen-bond donors (Lipinski definition) is 5. The molecule has 9 nitrogen and oxygen atoms in total. The monoisotopic (exact) mass is 461 g/mol. The number of anilines is 1. The molecule has 5 N–H and O–H groups in total. The SMILES string of the molecule is Cc1c(NC(=O)c2cc(CNCCO)cn(C=N)c2=N)cccc1-c1ccc2c(c1)OCCO2. The smallest absolute Gasteiger partial charge is 0.259 e. The first-order chi connectivity index (χ1) is 16.5. The predicted molar refractivity (Wildman–Crippen MR) is 129 cm³/mol. The number of nitrogens with one attached hydrogen (secondary N) is 4. The van der Waals surface area contributed by atoms with E-state index >= 15 is 0 Å². The highest BCUT2D eigenvalue weighted by molar-refractivity contribution is 6.05. The Hall–Kier alpha value is -3.95. The van der Waals surface area contributed by atoms with E-state index in [1.54, 1.807) is 12.3 Å². The molecular formula is C25H27N5O4. The molecule has 0 radical (unpaired) electrons. The molecule has 34 heavy (non-hydrogen) atoms. The average Bonchev–Trinajstić information content (AvgIpc) is 2.86. The Morgan fingerprint density at radius 3 is 2.74 bits per heavy atom. The molecule has 0 aliphatic carbocycles. The third-order valence-corrected chi connectivity index (χ3v) is 5.58. The summed E-state index contributed by atoms with van der Waals surface area (Å²) in [5.41, 5.74) is 4.17. The summed E-state index contributed by atoms with van der Waals surface area (Å²) in [6.45, 7) is 3.75. The van der Waals surface area contributed by atoms with Gasteiger partial charge in [0, 0.05) is 25.0 Å². The van der Waals surface area contributed by atoms with Gasteiger partial charge < -0.3 is 25.2 Å². The molecule has 0 fully saturated rings. The fourth-order valence-electron chi connectivity index (χ4n) is 3.84. The lowest BCUT2D eigenvalue weighted by molar-refractivity contribution is 0.102. The normalized spacial score (nSPS) is 12.3. The maximum absolute atomic E-state index is 13.2. The first kappa shape index (κ1) is 23.2. The number of aromatic nitrogens is 1. The van der Waals surface area contributed by atoms with E-state index in [0.717, 1.165) is 28.6 Å². The number of aliphatic hydroxyl groups is 1. The first-order valence-corrected chi connectivity index (χ1v) is 10.9. The van der Waals surface area contributed by atoms with Gasteiger partial charge in [0.05, 0.1) is 18.5 Å². The first-order valence-electron chi connectivity index (χ1n) is 10.9. The number of hydrogen-bond acceptors (Lipinski definition) is 7. The molecule has 2 aromatic carbocycles. The van der Waals surface area contributed by atoms with Crippen LogP contribution in [0, 0.1) is 17.7 Å². The molecule has 9 heteroatoms. The van der Waals surface area contributed by atoms with Gasteiger partial charge >= 0.3 is 0 Å². The molecule has 0 saturated heterocycles. The number of pyridine rings is 1. The Morgan fingerprint density at radius 2 is 1.97 bits per heavy atom. The summed E-state index contributed by atoms with van der Waals surface area (Å²) in [5, 5.41) is 30.9. The minimum Gasteiger partial charge on any atom is -0.486 e. The quantitative estimate of drug-likeness (QED) is 0.200. The lowest BCUT2D eigenvalue weighted by atomic mass is 9.98. The molecule has 4 rings (SSSR count). The number of nitrogens with zero attached hydrogens (tertiary/aromatic N) is 1. The van der Waals surface area contributed by atoms with Crippen LogP contribution in [0.2, 0.25) is 0 Å². The number of ether oxygens (including phenoxy) is 2. The van der Waals surface area contributed by atoms with Crippen molar-refractivity contribution in [3.8, 4) is 22.6 Å². The number of carbonyl (C=O) groups excluding carboxylic acids is 1. The van der Waals surface area contributed by atoms with Crippen molar-refractivity contribution in [2.45, 2.75) is 13.5 Å². The molecule has 1 aliphatic rings. The summed E-state index contributed by atoms with van der Waals surface area (Å²) in [6, 6.07) is 13.1. The third kappa shape index (κ3) is 4.85. The lowest BCUT2D eigenvalue weighted by Gasteiger charge is -2.20. The van der Waals surface area contributed by atoms with E-state index in [4.69, 9.17) is 25.4 Å². The molecule has 1 amide bonds. The highest BCUT2D eigenvalue weighted by Crippen LogP contribution is 2.36. The van der Waals surface area contributed by atoms with Crippen LogP contribution in [0.25, 0.3) is 11.1 Å². The van der Waals surface area contributed by atoms with Gasteiger partial charge in [-0.25, -0.2) is 0 Å². The fraction of sp³-hybridized carbons (Fsp3) is 0.240. The summed E-state index contributed by atoms with van der Waals surface area (Å²) in [4.78, 5) is 13.2. The Bertz CT molecular complexity index is 1280. The van der Waals surface area contributed by atoms with Crippen LogP contribution < -0.4 is 25.6 Å². The molecule has 1 aromatic heterocycles. The van der Waals surface area contributed by atoms with Crippen molar-refractivity contribution in [3.63, 3.8) is 0 Å². The van der Waals surface area contributed by atoms with Crippen LogP contribution in [0.5, 0.6) is 11.5 Å². The molecule has 0 unspecified atom stereocenters. The highest BCUT2D eigenvalue weighted by atomic mass is 16.6. The summed E-state index contributed by atoms with van der Waals surface area (Å²) < 4.78 is 12.6. The second-order valence-corrected chi connectivity index (χ2v) is 7.84. The van der Waals surface area contributed by atoms with Crippen molar-refractivity contribution in [3.05, 3.63) is 70.8 Å². The standard InChI is InChI=1S/C25H27N5O4/c1-16-19(18-5-6-22-23(12-18)34-10-9-33-22)3-2-4-21(16)29-25(32)20-11-17(13-28-7-8-31)14-30(15-26)24(20)27/h2-6,11-12,14-15,26-28,31H,7-10,13H2,1H3,(H,29,32). The van der Waals surface area contributed by atoms with E-state index < -0.39 is 5.91 Å². The predicted octanol–water partition coefficient (Wildman–Crippen LogP) is 2.50. The molecular weight excluding hydrogens is 434 g/mol. The summed E-state index contributed by atoms with van der Waals surface area (Å²) in [5.74, 6) is 0.972. The molecule has 0 atom stereocenters. The summed E-state index contributed by atoms with van der Waals surface area (Å²) >= 11 is 0. The van der Waals surface area contributed by atoms with Gasteiger partial charge in [-0.15, -0.1) is 0 Å². The van der Waals surface area contributed by atoms with Crippen LogP contribution >= 0.6 is 0 Å². The van der Waals surface area contributed by atoms with Gasteiger partial charge in [0.25, 0.3) is 5.91 Å². The van der Waals surface area contributed by atoms with Gasteiger partial charge in [-0.3, -0.25) is 20.2 Å². The van der Waals surface area contributed by atoms with Crippen LogP contribution in [0.15, 0.2) is 48.7 Å². The Morgan fingerprint density at radius 1 is 1.18 bits per heavy atom. The maximum Gasteiger partial charge on any atom is 0.259 e. The zero-order valence-corrected chi connectivity index (χ0v) is 18.9. The molecule has 0 spiro atoms. The Kier molecular flexibility index (Phi) is 7.05. The van der Waals surface area contributed by atoms with Crippen LogP contribution in [0.3, 0.4) is 0 Å². The van der Waals surface area contributed by atoms with E-state index in [2.05, 4.69) is 10.6 Å². The van der Waals surface area contributed by atoms with Gasteiger partial charge in [-0.1, -0.05) is 18.2 Å². The molecule has 1 aliphatic heterocycles. The van der Waals surface area contributed by atoms with E-state index in [1.807, 2.05) is 43.3 Å². The van der Waals surface area contributed by atoms with Crippen LogP contribution in [-0.2, 0) is 6.54 Å². The van der Waals surface area contributed by atoms with Gasteiger partial charge in [-0.05, 0) is 53.4 Å². The second-order valence-electron chi connectivity index (χ2n) is 7.84. The minimum atomic E-state index is -0.438. The zero-order chi connectivity index (χ0) is 24.1. The summed E-state index contributed by atoms with van der Waals surface area (Å²) in [6.07, 6.45) is 2.60. The number of aliphatic hydroxyl groups excluding tert-OH is 1. The van der Waals surface area contributed by atoms with Crippen molar-refractivity contribution < 1.29 is 19.4 Å². The zero-order valence-electron chi connectivity index (χ0n) is 18.9. The van der Waals surface area contributed by atoms with E-state index in [9.17, 15) is 4.79 Å². The van der Waals surface area contributed by atoms with E-state index in [-0.39, 0.29) is 17.7 Å². The molecule has 0 bridgehead atoms. The van der Waals surface area contributed by atoms with Crippen LogP contribution in [0.1, 0.15) is 21.5 Å². The van der Waals surface area contributed by atoms with Crippen molar-refractivity contribution in [1.29, 1.82) is 10.8 Å². The number of amides is 1. The largest absolute Gasteiger partial charge is 0.486 e. The maximum atomic E-state index is 13.2.